The molecule has 1 aromatic rings. The minimum Gasteiger partial charge on any atom is -0.398 e. The Morgan fingerprint density at radius 2 is 2.00 bits per heavy atom. The van der Waals surface area contributed by atoms with E-state index in [2.05, 4.69) is 9.99 Å². The Hall–Kier alpha value is -1.55. The van der Waals surface area contributed by atoms with Crippen molar-refractivity contribution in [2.45, 2.75) is 0 Å². The van der Waals surface area contributed by atoms with Crippen LogP contribution in [0, 0.1) is 0 Å². The number of carbonyl (C=O) groups excluding carboxylic acids is 1. The number of benzene rings is 1. The van der Waals surface area contributed by atoms with Gasteiger partial charge in [-0.25, -0.2) is 0 Å². The van der Waals surface area contributed by atoms with Crippen LogP contribution in [0.15, 0.2) is 29.4 Å². The van der Waals surface area contributed by atoms with E-state index in [1.165, 1.54) is 7.11 Å². The average molecular weight is 213 g/mol. The number of rotatable bonds is 3. The highest BCUT2D eigenvalue weighted by Crippen LogP contribution is 2.10. The van der Waals surface area contributed by atoms with E-state index in [1.54, 1.807) is 24.3 Å². The molecule has 4 nitrogen and oxygen atoms in total. The van der Waals surface area contributed by atoms with Gasteiger partial charge in [-0.3, -0.25) is 4.79 Å². The summed E-state index contributed by atoms with van der Waals surface area (Å²) < 4.78 is 0. The first-order valence-corrected chi connectivity index (χ1v) is 4.20. The van der Waals surface area contributed by atoms with Crippen LogP contribution in [-0.4, -0.2) is 18.7 Å². The zero-order valence-corrected chi connectivity index (χ0v) is 8.28. The molecule has 0 heterocycles. The first kappa shape index (κ1) is 10.5. The molecule has 0 atom stereocenters. The third-order valence-electron chi connectivity index (χ3n) is 1.53. The van der Waals surface area contributed by atoms with Gasteiger partial charge in [0.1, 0.15) is 7.11 Å². The quantitative estimate of drug-likeness (QED) is 0.604. The second-order valence-corrected chi connectivity index (χ2v) is 2.93. The molecule has 0 fully saturated rings. The molecule has 1 aromatic carbocycles. The summed E-state index contributed by atoms with van der Waals surface area (Å²) in [5, 5.41) is 4.10. The molecule has 2 N–H and O–H groups in total. The van der Waals surface area contributed by atoms with Crippen LogP contribution in [-0.2, 0) is 9.63 Å². The van der Waals surface area contributed by atoms with Gasteiger partial charge in [0.05, 0.1) is 0 Å². The Kier molecular flexibility index (Phi) is 3.48. The van der Waals surface area contributed by atoms with E-state index in [0.717, 1.165) is 0 Å². The topological polar surface area (TPSA) is 64.7 Å². The summed E-state index contributed by atoms with van der Waals surface area (Å²) in [5.74, 6) is -0.644. The maximum Gasteiger partial charge on any atom is 0.271 e. The molecule has 0 aromatic heterocycles. The van der Waals surface area contributed by atoms with Gasteiger partial charge >= 0.3 is 0 Å². The molecule has 5 heteroatoms. The van der Waals surface area contributed by atoms with Crippen molar-refractivity contribution < 1.29 is 9.63 Å². The zero-order chi connectivity index (χ0) is 10.6. The molecule has 0 aliphatic rings. The number of nitrogens with two attached hydrogens (primary N) is 1. The van der Waals surface area contributed by atoms with Crippen molar-refractivity contribution >= 4 is 23.2 Å². The number of hydrogen-bond acceptors (Lipinski definition) is 3. The Balaban J connectivity index is 3.06. The summed E-state index contributed by atoms with van der Waals surface area (Å²) >= 11 is 5.69. The lowest BCUT2D eigenvalue weighted by molar-refractivity contribution is -0.112. The lowest BCUT2D eigenvalue weighted by Gasteiger charge is -2.01. The molecule has 74 valence electrons. The number of nitrogens with zero attached hydrogens (tertiary/aromatic N) is 1. The summed E-state index contributed by atoms with van der Waals surface area (Å²) in [6.07, 6.45) is 0. The van der Waals surface area contributed by atoms with E-state index in [0.29, 0.717) is 10.6 Å². The van der Waals surface area contributed by atoms with E-state index in [-0.39, 0.29) is 5.71 Å². The van der Waals surface area contributed by atoms with Gasteiger partial charge in [0.2, 0.25) is 0 Å². The maximum atomic E-state index is 11.0. The highest BCUT2D eigenvalue weighted by atomic mass is 35.5. The fourth-order valence-electron chi connectivity index (χ4n) is 0.939. The second kappa shape index (κ2) is 4.62. The molecule has 14 heavy (non-hydrogen) atoms. The van der Waals surface area contributed by atoms with Crippen LogP contribution >= 0.6 is 11.6 Å². The van der Waals surface area contributed by atoms with Crippen molar-refractivity contribution in [1.29, 1.82) is 0 Å². The molecule has 0 saturated heterocycles. The van der Waals surface area contributed by atoms with Crippen LogP contribution < -0.4 is 5.73 Å². The van der Waals surface area contributed by atoms with Crippen LogP contribution in [0.5, 0.6) is 0 Å². The Morgan fingerprint density at radius 1 is 1.43 bits per heavy atom. The first-order valence-electron chi connectivity index (χ1n) is 3.82. The van der Waals surface area contributed by atoms with E-state index in [4.69, 9.17) is 17.3 Å². The van der Waals surface area contributed by atoms with Gasteiger partial charge in [0.15, 0.2) is 5.71 Å². The molecular weight excluding hydrogens is 204 g/mol. The number of halogens is 1. The van der Waals surface area contributed by atoms with Crippen molar-refractivity contribution in [3.05, 3.63) is 34.9 Å². The largest absolute Gasteiger partial charge is 0.398 e. The van der Waals surface area contributed by atoms with Crippen LogP contribution in [0.2, 0.25) is 5.02 Å². The molecular formula is C9H9ClN2O2. The predicted octanol–water partition coefficient (Wildman–Crippen LogP) is 1.18. The van der Waals surface area contributed by atoms with Crippen molar-refractivity contribution in [1.82, 2.24) is 0 Å². The van der Waals surface area contributed by atoms with Gasteiger partial charge in [0.25, 0.3) is 5.91 Å². The van der Waals surface area contributed by atoms with Crippen molar-refractivity contribution in [3.63, 3.8) is 0 Å². The number of hydrogen-bond donors (Lipinski definition) is 1. The second-order valence-electron chi connectivity index (χ2n) is 2.49. The minimum atomic E-state index is -0.644. The van der Waals surface area contributed by atoms with E-state index >= 15 is 0 Å². The van der Waals surface area contributed by atoms with E-state index < -0.39 is 5.91 Å². The highest BCUT2D eigenvalue weighted by Gasteiger charge is 2.10. The summed E-state index contributed by atoms with van der Waals surface area (Å²) in [5.41, 5.74) is 5.76. The van der Waals surface area contributed by atoms with E-state index in [9.17, 15) is 4.79 Å². The van der Waals surface area contributed by atoms with Crippen LogP contribution in [0.3, 0.4) is 0 Å². The third-order valence-corrected chi connectivity index (χ3v) is 1.79. The van der Waals surface area contributed by atoms with Gasteiger partial charge in [-0.1, -0.05) is 28.9 Å². The van der Waals surface area contributed by atoms with Crippen LogP contribution in [0.4, 0.5) is 0 Å². The lowest BCUT2D eigenvalue weighted by atomic mass is 10.1. The molecule has 0 spiro atoms. The average Bonchev–Trinajstić information content (AvgIpc) is 2.15. The Bertz CT molecular complexity index is 360. The van der Waals surface area contributed by atoms with Gasteiger partial charge in [-0.15, -0.1) is 0 Å². The minimum absolute atomic E-state index is 0.0733. The van der Waals surface area contributed by atoms with Gasteiger partial charge < -0.3 is 10.6 Å². The van der Waals surface area contributed by atoms with E-state index in [1.807, 2.05) is 0 Å². The summed E-state index contributed by atoms with van der Waals surface area (Å²) in [6.45, 7) is 0. The number of oxime groups is 1. The predicted molar refractivity (Wildman–Crippen MR) is 54.2 cm³/mol. The summed E-state index contributed by atoms with van der Waals surface area (Å²) in [6, 6.07) is 6.58. The van der Waals surface area contributed by atoms with Crippen LogP contribution in [0.1, 0.15) is 5.56 Å². The standard InChI is InChI=1S/C9H9ClN2O2/c1-14-12-8(9(11)13)6-2-4-7(10)5-3-6/h2-5H,1H3,(H2,11,13)/b12-8+. The molecule has 1 rings (SSSR count). The Morgan fingerprint density at radius 3 is 2.43 bits per heavy atom. The van der Waals surface area contributed by atoms with Crippen LogP contribution in [0.25, 0.3) is 0 Å². The normalized spacial score (nSPS) is 11.1. The lowest BCUT2D eigenvalue weighted by Crippen LogP contribution is -2.24. The molecule has 0 aliphatic carbocycles. The zero-order valence-electron chi connectivity index (χ0n) is 7.53. The number of amides is 1. The summed E-state index contributed by atoms with van der Waals surface area (Å²) in [7, 11) is 1.35. The highest BCUT2D eigenvalue weighted by molar-refractivity contribution is 6.44. The van der Waals surface area contributed by atoms with Crippen molar-refractivity contribution in [3.8, 4) is 0 Å². The fraction of sp³-hybridized carbons (Fsp3) is 0.111. The molecule has 0 bridgehead atoms. The third kappa shape index (κ3) is 2.47. The number of carbonyl (C=O) groups is 1. The first-order chi connectivity index (χ1) is 6.65. The Labute approximate surface area is 86.3 Å². The summed E-state index contributed by atoms with van der Waals surface area (Å²) in [4.78, 5) is 15.5. The van der Waals surface area contributed by atoms with Crippen molar-refractivity contribution in [2.75, 3.05) is 7.11 Å². The smallest absolute Gasteiger partial charge is 0.271 e. The van der Waals surface area contributed by atoms with Crippen molar-refractivity contribution in [2.24, 2.45) is 10.9 Å². The SMILES string of the molecule is CO/N=C(/C(N)=O)c1ccc(Cl)cc1. The van der Waals surface area contributed by atoms with Gasteiger partial charge in [-0.2, -0.15) is 0 Å². The molecule has 0 aliphatic heterocycles. The molecule has 0 unspecified atom stereocenters. The number of primary amides is 1. The van der Waals surface area contributed by atoms with Gasteiger partial charge in [-0.05, 0) is 12.1 Å². The molecule has 0 radical (unpaired) electrons. The molecule has 1 amide bonds. The molecule has 0 saturated carbocycles. The van der Waals surface area contributed by atoms with Gasteiger partial charge in [0, 0.05) is 10.6 Å². The monoisotopic (exact) mass is 212 g/mol. The maximum absolute atomic E-state index is 11.0. The fourth-order valence-corrected chi connectivity index (χ4v) is 1.06.